The van der Waals surface area contributed by atoms with E-state index in [4.69, 9.17) is 4.43 Å². The van der Waals surface area contributed by atoms with E-state index < -0.39 is 8.32 Å². The van der Waals surface area contributed by atoms with E-state index in [1.54, 1.807) is 0 Å². The molecule has 110 valence electrons. The average molecular weight is 273 g/mol. The van der Waals surface area contributed by atoms with Crippen LogP contribution in [0.25, 0.3) is 0 Å². The summed E-state index contributed by atoms with van der Waals surface area (Å²) in [5.41, 5.74) is 2.13. The van der Waals surface area contributed by atoms with E-state index in [2.05, 4.69) is 62.3 Å². The Morgan fingerprint density at radius 2 is 1.22 bits per heavy atom. The molecule has 0 heterocycles. The first-order chi connectivity index (χ1) is 8.23. The van der Waals surface area contributed by atoms with Crippen molar-refractivity contribution in [1.29, 1.82) is 0 Å². The summed E-state index contributed by atoms with van der Waals surface area (Å²) in [4.78, 5) is 0. The molecule has 0 spiro atoms. The van der Waals surface area contributed by atoms with E-state index >= 15 is 0 Å². The van der Waals surface area contributed by atoms with Gasteiger partial charge in [0.15, 0.2) is 0 Å². The SMILES string of the molecule is CCC(C)C(C)O[Si](C(C)C)(C(C)C)C(C)CC. The Morgan fingerprint density at radius 1 is 0.778 bits per heavy atom. The van der Waals surface area contributed by atoms with Crippen molar-refractivity contribution in [2.24, 2.45) is 5.92 Å². The zero-order valence-electron chi connectivity index (χ0n) is 14.2. The van der Waals surface area contributed by atoms with Gasteiger partial charge in [0.05, 0.1) is 0 Å². The monoisotopic (exact) mass is 272 g/mol. The zero-order chi connectivity index (χ0) is 14.5. The highest BCUT2D eigenvalue weighted by Gasteiger charge is 2.47. The topological polar surface area (TPSA) is 9.23 Å². The Kier molecular flexibility index (Phi) is 7.77. The zero-order valence-corrected chi connectivity index (χ0v) is 15.2. The van der Waals surface area contributed by atoms with Gasteiger partial charge in [-0.2, -0.15) is 0 Å². The van der Waals surface area contributed by atoms with Crippen LogP contribution in [0.5, 0.6) is 0 Å². The molecule has 0 aliphatic carbocycles. The molecule has 0 aliphatic rings. The molecule has 0 aromatic rings. The minimum Gasteiger partial charge on any atom is -0.413 e. The molecule has 0 aromatic heterocycles. The second kappa shape index (κ2) is 7.69. The molecule has 0 radical (unpaired) electrons. The molecule has 0 bridgehead atoms. The van der Waals surface area contributed by atoms with Crippen molar-refractivity contribution in [1.82, 2.24) is 0 Å². The molecule has 3 unspecified atom stereocenters. The van der Waals surface area contributed by atoms with Crippen LogP contribution < -0.4 is 0 Å². The van der Waals surface area contributed by atoms with Crippen LogP contribution in [0.3, 0.4) is 0 Å². The fourth-order valence-corrected chi connectivity index (χ4v) is 9.18. The van der Waals surface area contributed by atoms with Crippen molar-refractivity contribution in [3.63, 3.8) is 0 Å². The Morgan fingerprint density at radius 3 is 1.50 bits per heavy atom. The number of rotatable bonds is 8. The van der Waals surface area contributed by atoms with Gasteiger partial charge in [-0.1, -0.05) is 68.2 Å². The summed E-state index contributed by atoms with van der Waals surface area (Å²) >= 11 is 0. The van der Waals surface area contributed by atoms with E-state index in [1.165, 1.54) is 12.8 Å². The molecular weight excluding hydrogens is 236 g/mol. The lowest BCUT2D eigenvalue weighted by molar-refractivity contribution is 0.133. The quantitative estimate of drug-likeness (QED) is 0.492. The van der Waals surface area contributed by atoms with Crippen molar-refractivity contribution in [2.45, 2.75) is 97.9 Å². The van der Waals surface area contributed by atoms with E-state index in [-0.39, 0.29) is 0 Å². The maximum atomic E-state index is 6.81. The molecule has 2 heteroatoms. The van der Waals surface area contributed by atoms with Crippen LogP contribution in [0.4, 0.5) is 0 Å². The molecule has 0 saturated heterocycles. The van der Waals surface area contributed by atoms with Crippen LogP contribution in [0.1, 0.15) is 75.2 Å². The molecule has 0 N–H and O–H groups in total. The van der Waals surface area contributed by atoms with Gasteiger partial charge in [-0.05, 0) is 29.5 Å². The van der Waals surface area contributed by atoms with Crippen LogP contribution >= 0.6 is 0 Å². The second-order valence-corrected chi connectivity index (χ2v) is 11.9. The van der Waals surface area contributed by atoms with Gasteiger partial charge in [0.25, 0.3) is 0 Å². The standard InChI is InChI=1S/C16H36OSi/c1-10-14(7)16(9)17-18(12(3)4,13(5)6)15(8)11-2/h12-16H,10-11H2,1-9H3. The summed E-state index contributed by atoms with van der Waals surface area (Å²) < 4.78 is 6.81. The van der Waals surface area contributed by atoms with Gasteiger partial charge in [0.2, 0.25) is 8.32 Å². The van der Waals surface area contributed by atoms with E-state index in [1.807, 2.05) is 0 Å². The highest BCUT2D eigenvalue weighted by atomic mass is 28.4. The normalized spacial score (nSPS) is 18.2. The summed E-state index contributed by atoms with van der Waals surface area (Å²) in [6.45, 7) is 21.1. The summed E-state index contributed by atoms with van der Waals surface area (Å²) in [5, 5.41) is 0. The van der Waals surface area contributed by atoms with Crippen LogP contribution in [-0.4, -0.2) is 14.4 Å². The van der Waals surface area contributed by atoms with Gasteiger partial charge < -0.3 is 4.43 Å². The third-order valence-corrected chi connectivity index (χ3v) is 11.4. The fourth-order valence-electron chi connectivity index (χ4n) is 3.28. The minimum atomic E-state index is -1.70. The minimum absolute atomic E-state index is 0.403. The first-order valence-corrected chi connectivity index (χ1v) is 10.1. The molecule has 18 heavy (non-hydrogen) atoms. The van der Waals surface area contributed by atoms with Crippen LogP contribution in [0, 0.1) is 5.92 Å². The predicted molar refractivity (Wildman–Crippen MR) is 85.7 cm³/mol. The van der Waals surface area contributed by atoms with Crippen molar-refractivity contribution in [3.05, 3.63) is 0 Å². The van der Waals surface area contributed by atoms with Crippen molar-refractivity contribution < 1.29 is 4.43 Å². The average Bonchev–Trinajstić information content (AvgIpc) is 2.32. The van der Waals surface area contributed by atoms with E-state index in [0.717, 1.165) is 5.54 Å². The highest BCUT2D eigenvalue weighted by Crippen LogP contribution is 2.45. The molecule has 0 aromatic carbocycles. The van der Waals surface area contributed by atoms with Crippen molar-refractivity contribution in [2.75, 3.05) is 0 Å². The number of hydrogen-bond acceptors (Lipinski definition) is 1. The number of hydrogen-bond donors (Lipinski definition) is 0. The largest absolute Gasteiger partial charge is 0.413 e. The highest BCUT2D eigenvalue weighted by molar-refractivity contribution is 6.77. The summed E-state index contributed by atoms with van der Waals surface area (Å²) in [5.74, 6) is 0.665. The Labute approximate surface area is 117 Å². The van der Waals surface area contributed by atoms with Crippen LogP contribution in [0.15, 0.2) is 0 Å². The van der Waals surface area contributed by atoms with Crippen LogP contribution in [-0.2, 0) is 4.43 Å². The smallest absolute Gasteiger partial charge is 0.200 e. The third-order valence-electron chi connectivity index (χ3n) is 5.02. The Balaban J connectivity index is 5.19. The molecule has 0 fully saturated rings. The van der Waals surface area contributed by atoms with Crippen LogP contribution in [0.2, 0.25) is 16.6 Å². The predicted octanol–water partition coefficient (Wildman–Crippen LogP) is 6.00. The second-order valence-electron chi connectivity index (χ2n) is 6.68. The molecule has 0 rings (SSSR count). The maximum absolute atomic E-state index is 6.81. The first-order valence-electron chi connectivity index (χ1n) is 7.91. The Hall–Kier alpha value is 0.177. The van der Waals surface area contributed by atoms with Crippen molar-refractivity contribution >= 4 is 8.32 Å². The van der Waals surface area contributed by atoms with Gasteiger partial charge >= 0.3 is 0 Å². The molecule has 0 amide bonds. The summed E-state index contributed by atoms with van der Waals surface area (Å²) in [7, 11) is -1.70. The lowest BCUT2D eigenvalue weighted by atomic mass is 10.0. The van der Waals surface area contributed by atoms with Gasteiger partial charge in [-0.15, -0.1) is 0 Å². The lowest BCUT2D eigenvalue weighted by Gasteiger charge is -2.46. The van der Waals surface area contributed by atoms with E-state index in [9.17, 15) is 0 Å². The summed E-state index contributed by atoms with van der Waals surface area (Å²) in [6.07, 6.45) is 2.86. The third kappa shape index (κ3) is 3.83. The molecule has 0 saturated carbocycles. The fraction of sp³-hybridized carbons (Fsp3) is 1.00. The molecule has 0 aliphatic heterocycles. The van der Waals surface area contributed by atoms with Gasteiger partial charge in [0.1, 0.15) is 0 Å². The maximum Gasteiger partial charge on any atom is 0.200 e. The molecular formula is C16H36OSi. The summed E-state index contributed by atoms with van der Waals surface area (Å²) in [6, 6.07) is 0. The van der Waals surface area contributed by atoms with Gasteiger partial charge in [-0.3, -0.25) is 0 Å². The van der Waals surface area contributed by atoms with E-state index in [0.29, 0.717) is 23.1 Å². The Bertz CT molecular complexity index is 217. The molecule has 1 nitrogen and oxygen atoms in total. The van der Waals surface area contributed by atoms with Gasteiger partial charge in [0, 0.05) is 6.10 Å². The van der Waals surface area contributed by atoms with Crippen molar-refractivity contribution in [3.8, 4) is 0 Å². The first kappa shape index (κ1) is 18.2. The van der Waals surface area contributed by atoms with Gasteiger partial charge in [-0.25, -0.2) is 0 Å². The lowest BCUT2D eigenvalue weighted by Crippen LogP contribution is -2.51. The molecule has 3 atom stereocenters.